The van der Waals surface area contributed by atoms with Crippen LogP contribution in [0.2, 0.25) is 0 Å². The lowest BCUT2D eigenvalue weighted by molar-refractivity contribution is 0.473. The van der Waals surface area contributed by atoms with Gasteiger partial charge in [0.2, 0.25) is 0 Å². The molecule has 0 radical (unpaired) electrons. The molecule has 0 amide bonds. The van der Waals surface area contributed by atoms with Gasteiger partial charge in [-0.25, -0.2) is 0 Å². The largest absolute Gasteiger partial charge is 0.506 e. The number of azo groups is 1. The molecule has 140 valence electrons. The van der Waals surface area contributed by atoms with Gasteiger partial charge in [0.05, 0.1) is 0 Å². The summed E-state index contributed by atoms with van der Waals surface area (Å²) in [6.07, 6.45) is 8.92. The van der Waals surface area contributed by atoms with Crippen LogP contribution < -0.4 is 0 Å². The molecule has 0 aliphatic carbocycles. The van der Waals surface area contributed by atoms with Crippen molar-refractivity contribution in [2.45, 2.75) is 65.2 Å². The van der Waals surface area contributed by atoms with Gasteiger partial charge in [-0.1, -0.05) is 51.7 Å². The van der Waals surface area contributed by atoms with Crippen LogP contribution in [0.25, 0.3) is 0 Å². The highest BCUT2D eigenvalue weighted by Gasteiger charge is 2.05. The lowest BCUT2D eigenvalue weighted by atomic mass is 10.1. The first-order valence-corrected chi connectivity index (χ1v) is 9.69. The van der Waals surface area contributed by atoms with Crippen LogP contribution in [-0.2, 0) is 12.8 Å². The zero-order valence-electron chi connectivity index (χ0n) is 15.9. The van der Waals surface area contributed by atoms with E-state index >= 15 is 0 Å². The Labute approximate surface area is 156 Å². The van der Waals surface area contributed by atoms with E-state index in [1.54, 1.807) is 12.1 Å². The van der Waals surface area contributed by atoms with Crippen LogP contribution in [0.15, 0.2) is 46.6 Å². The number of unbranched alkanes of at least 4 members (excludes halogenated alkanes) is 4. The van der Waals surface area contributed by atoms with Crippen LogP contribution in [0, 0.1) is 0 Å². The molecule has 0 fully saturated rings. The quantitative estimate of drug-likeness (QED) is 0.357. The summed E-state index contributed by atoms with van der Waals surface area (Å²) in [6.45, 7) is 4.36. The maximum atomic E-state index is 10.0. The first kappa shape index (κ1) is 20.0. The molecule has 4 heteroatoms. The zero-order chi connectivity index (χ0) is 18.8. The lowest BCUT2D eigenvalue weighted by Gasteiger charge is -2.05. The molecule has 0 heterocycles. The number of phenolic OH excluding ortho intramolecular Hbond substituents is 2. The number of phenols is 2. The van der Waals surface area contributed by atoms with Crippen LogP contribution in [-0.4, -0.2) is 10.2 Å². The summed E-state index contributed by atoms with van der Waals surface area (Å²) in [5, 5.41) is 28.4. The summed E-state index contributed by atoms with van der Waals surface area (Å²) in [5.74, 6) is 0.207. The van der Waals surface area contributed by atoms with Crippen molar-refractivity contribution in [3.63, 3.8) is 0 Å². The third kappa shape index (κ3) is 6.17. The fourth-order valence-corrected chi connectivity index (χ4v) is 2.88. The highest BCUT2D eigenvalue weighted by Crippen LogP contribution is 2.33. The Balaban J connectivity index is 2.12. The number of rotatable bonds is 10. The van der Waals surface area contributed by atoms with Crippen molar-refractivity contribution in [2.75, 3.05) is 0 Å². The summed E-state index contributed by atoms with van der Waals surface area (Å²) in [7, 11) is 0. The molecule has 0 spiro atoms. The summed E-state index contributed by atoms with van der Waals surface area (Å²) in [5.41, 5.74) is 3.16. The number of aromatic hydroxyl groups is 2. The minimum atomic E-state index is 0.103. The summed E-state index contributed by atoms with van der Waals surface area (Å²) in [4.78, 5) is 0. The molecule has 0 saturated carbocycles. The molecule has 0 aliphatic heterocycles. The molecular weight excluding hydrogens is 324 g/mol. The van der Waals surface area contributed by atoms with Gasteiger partial charge in [-0.15, -0.1) is 10.2 Å². The van der Waals surface area contributed by atoms with Gasteiger partial charge in [0.25, 0.3) is 0 Å². The predicted molar refractivity (Wildman–Crippen MR) is 107 cm³/mol. The average Bonchev–Trinajstić information content (AvgIpc) is 2.64. The highest BCUT2D eigenvalue weighted by atomic mass is 16.3. The molecule has 0 unspecified atom stereocenters. The SMILES string of the molecule is CCCCCc1ccc(O)c(N=Nc2cc(CCCCC)ccc2O)c1. The van der Waals surface area contributed by atoms with Crippen LogP contribution in [0.4, 0.5) is 11.4 Å². The number of benzene rings is 2. The molecule has 2 rings (SSSR count). The standard InChI is InChI=1S/C22H30N2O2/c1-3-5-7-9-17-11-13-21(25)19(15-17)23-24-20-16-18(10-8-6-4-2)12-14-22(20)26/h11-16,25-26H,3-10H2,1-2H3. The molecule has 0 atom stereocenters. The Morgan fingerprint density at radius 3 is 1.46 bits per heavy atom. The third-order valence-electron chi connectivity index (χ3n) is 4.48. The number of nitrogens with zero attached hydrogens (tertiary/aromatic N) is 2. The van der Waals surface area contributed by atoms with E-state index in [1.165, 1.54) is 25.7 Å². The Hall–Kier alpha value is -2.36. The minimum absolute atomic E-state index is 0.103. The van der Waals surface area contributed by atoms with Crippen molar-refractivity contribution in [1.82, 2.24) is 0 Å². The summed E-state index contributed by atoms with van der Waals surface area (Å²) < 4.78 is 0. The summed E-state index contributed by atoms with van der Waals surface area (Å²) in [6, 6.07) is 10.9. The first-order chi connectivity index (χ1) is 12.6. The van der Waals surface area contributed by atoms with Gasteiger partial charge in [0, 0.05) is 0 Å². The Bertz CT molecular complexity index is 665. The van der Waals surface area contributed by atoms with Crippen molar-refractivity contribution in [2.24, 2.45) is 10.2 Å². The van der Waals surface area contributed by atoms with Crippen molar-refractivity contribution in [3.05, 3.63) is 47.5 Å². The molecule has 2 aromatic rings. The number of hydrogen-bond acceptors (Lipinski definition) is 4. The smallest absolute Gasteiger partial charge is 0.143 e. The Morgan fingerprint density at radius 1 is 0.654 bits per heavy atom. The monoisotopic (exact) mass is 354 g/mol. The maximum Gasteiger partial charge on any atom is 0.143 e. The van der Waals surface area contributed by atoms with E-state index < -0.39 is 0 Å². The predicted octanol–water partition coefficient (Wildman–Crippen LogP) is 6.98. The lowest BCUT2D eigenvalue weighted by Crippen LogP contribution is -1.85. The van der Waals surface area contributed by atoms with Crippen molar-refractivity contribution in [1.29, 1.82) is 0 Å². The van der Waals surface area contributed by atoms with E-state index in [2.05, 4.69) is 24.1 Å². The second-order valence-corrected chi connectivity index (χ2v) is 6.76. The van der Waals surface area contributed by atoms with Crippen LogP contribution in [0.1, 0.15) is 63.5 Å². The second-order valence-electron chi connectivity index (χ2n) is 6.76. The molecule has 0 saturated heterocycles. The van der Waals surface area contributed by atoms with Gasteiger partial charge in [0.15, 0.2) is 0 Å². The van der Waals surface area contributed by atoms with Crippen LogP contribution >= 0.6 is 0 Å². The van der Waals surface area contributed by atoms with Gasteiger partial charge >= 0.3 is 0 Å². The zero-order valence-corrected chi connectivity index (χ0v) is 15.9. The van der Waals surface area contributed by atoms with Gasteiger partial charge in [-0.3, -0.25) is 0 Å². The van der Waals surface area contributed by atoms with E-state index in [1.807, 2.05) is 24.3 Å². The van der Waals surface area contributed by atoms with E-state index in [0.717, 1.165) is 36.8 Å². The molecule has 26 heavy (non-hydrogen) atoms. The average molecular weight is 354 g/mol. The fraction of sp³-hybridized carbons (Fsp3) is 0.455. The van der Waals surface area contributed by atoms with Gasteiger partial charge < -0.3 is 10.2 Å². The maximum absolute atomic E-state index is 10.0. The van der Waals surface area contributed by atoms with Gasteiger partial charge in [-0.2, -0.15) is 0 Å². The third-order valence-corrected chi connectivity index (χ3v) is 4.48. The highest BCUT2D eigenvalue weighted by molar-refractivity contribution is 5.55. The van der Waals surface area contributed by atoms with E-state index in [4.69, 9.17) is 0 Å². The Morgan fingerprint density at radius 2 is 1.08 bits per heavy atom. The molecular formula is C22H30N2O2. The van der Waals surface area contributed by atoms with E-state index in [9.17, 15) is 10.2 Å². The number of hydrogen-bond donors (Lipinski definition) is 2. The molecule has 2 N–H and O–H groups in total. The topological polar surface area (TPSA) is 65.2 Å². The Kier molecular flexibility index (Phi) is 8.13. The fourth-order valence-electron chi connectivity index (χ4n) is 2.88. The van der Waals surface area contributed by atoms with Crippen molar-refractivity contribution in [3.8, 4) is 11.5 Å². The molecule has 2 aromatic carbocycles. The van der Waals surface area contributed by atoms with Crippen molar-refractivity contribution >= 4 is 11.4 Å². The normalized spacial score (nSPS) is 11.3. The van der Waals surface area contributed by atoms with E-state index in [0.29, 0.717) is 11.4 Å². The molecule has 0 aromatic heterocycles. The molecule has 0 aliphatic rings. The van der Waals surface area contributed by atoms with Gasteiger partial charge in [0.1, 0.15) is 22.9 Å². The minimum Gasteiger partial charge on any atom is -0.506 e. The second kappa shape index (κ2) is 10.6. The van der Waals surface area contributed by atoms with Crippen LogP contribution in [0.3, 0.4) is 0 Å². The first-order valence-electron chi connectivity index (χ1n) is 9.69. The summed E-state index contributed by atoms with van der Waals surface area (Å²) >= 11 is 0. The molecule has 0 bridgehead atoms. The van der Waals surface area contributed by atoms with Crippen molar-refractivity contribution < 1.29 is 10.2 Å². The van der Waals surface area contributed by atoms with E-state index in [-0.39, 0.29) is 11.5 Å². The van der Waals surface area contributed by atoms with Crippen LogP contribution in [0.5, 0.6) is 11.5 Å². The molecule has 4 nitrogen and oxygen atoms in total. The van der Waals surface area contributed by atoms with Gasteiger partial charge in [-0.05, 0) is 61.1 Å². The number of aryl methyl sites for hydroxylation is 2.